The second-order valence-electron chi connectivity index (χ2n) is 9.73. The van der Waals surface area contributed by atoms with Gasteiger partial charge in [0.2, 0.25) is 5.91 Å². The monoisotopic (exact) mass is 512 g/mol. The van der Waals surface area contributed by atoms with E-state index in [9.17, 15) is 9.59 Å². The number of aliphatic carboxylic acids is 1. The van der Waals surface area contributed by atoms with E-state index in [2.05, 4.69) is 34.1 Å². The Kier molecular flexibility index (Phi) is 8.09. The molecule has 1 N–H and O–H groups in total. The van der Waals surface area contributed by atoms with Crippen LogP contribution in [0.15, 0.2) is 67.0 Å². The summed E-state index contributed by atoms with van der Waals surface area (Å²) in [6.45, 7) is 3.62. The molecular formula is C30H32N4O4. The Bertz CT molecular complexity index is 1300. The van der Waals surface area contributed by atoms with Gasteiger partial charge in [-0.3, -0.25) is 14.7 Å². The number of carbonyl (C=O) groups excluding carboxylic acids is 1. The quantitative estimate of drug-likeness (QED) is 0.433. The average Bonchev–Trinajstić information content (AvgIpc) is 3.51. The molecular weight excluding hydrogens is 480 g/mol. The highest BCUT2D eigenvalue weighted by Crippen LogP contribution is 2.27. The number of rotatable bonds is 8. The third-order valence-corrected chi connectivity index (χ3v) is 7.08. The van der Waals surface area contributed by atoms with Gasteiger partial charge in [0.25, 0.3) is 0 Å². The predicted octanol–water partition coefficient (Wildman–Crippen LogP) is 4.80. The highest BCUT2D eigenvalue weighted by atomic mass is 16.5. The van der Waals surface area contributed by atoms with Gasteiger partial charge in [0.05, 0.1) is 12.2 Å². The molecule has 8 heteroatoms. The minimum atomic E-state index is -1.03. The van der Waals surface area contributed by atoms with Crippen LogP contribution in [0.2, 0.25) is 0 Å². The lowest BCUT2D eigenvalue weighted by atomic mass is 9.98. The molecule has 4 heterocycles. The van der Waals surface area contributed by atoms with Crippen molar-refractivity contribution in [3.8, 4) is 11.3 Å². The minimum absolute atomic E-state index is 0.0115. The maximum atomic E-state index is 13.6. The third-order valence-electron chi connectivity index (χ3n) is 7.08. The molecule has 2 fully saturated rings. The van der Waals surface area contributed by atoms with Crippen LogP contribution in [0, 0.1) is 5.92 Å². The van der Waals surface area contributed by atoms with E-state index in [0.29, 0.717) is 44.0 Å². The van der Waals surface area contributed by atoms with E-state index < -0.39 is 5.97 Å². The minimum Gasteiger partial charge on any atom is -0.478 e. The first kappa shape index (κ1) is 25.6. The second-order valence-corrected chi connectivity index (χ2v) is 9.73. The van der Waals surface area contributed by atoms with Gasteiger partial charge in [0, 0.05) is 61.9 Å². The second kappa shape index (κ2) is 12.0. The molecule has 1 aromatic carbocycles. The number of carboxylic acids is 1. The summed E-state index contributed by atoms with van der Waals surface area (Å²) < 4.78 is 5.46. The van der Waals surface area contributed by atoms with Crippen molar-refractivity contribution in [2.75, 3.05) is 36.1 Å². The number of benzene rings is 1. The molecule has 0 radical (unpaired) electrons. The SMILES string of the molecule is O=C(O)C=Cc1ccnc(N(Cc2ccc(-c3cccc(N4CCCC4)c3)nc2)C(=O)C2CCOCC2)c1. The molecule has 196 valence electrons. The zero-order chi connectivity index (χ0) is 26.3. The maximum Gasteiger partial charge on any atom is 0.328 e. The summed E-state index contributed by atoms with van der Waals surface area (Å²) in [5.74, 6) is -0.709. The zero-order valence-corrected chi connectivity index (χ0v) is 21.3. The molecule has 2 aliphatic heterocycles. The molecule has 0 bridgehead atoms. The van der Waals surface area contributed by atoms with Crippen molar-refractivity contribution < 1.29 is 19.4 Å². The van der Waals surface area contributed by atoms with Crippen molar-refractivity contribution in [1.82, 2.24) is 9.97 Å². The van der Waals surface area contributed by atoms with Gasteiger partial charge in [-0.15, -0.1) is 0 Å². The summed E-state index contributed by atoms with van der Waals surface area (Å²) in [6, 6.07) is 15.9. The Balaban J connectivity index is 1.38. The number of amides is 1. The van der Waals surface area contributed by atoms with E-state index >= 15 is 0 Å². The summed E-state index contributed by atoms with van der Waals surface area (Å²) in [4.78, 5) is 37.9. The van der Waals surface area contributed by atoms with Crippen LogP contribution in [0.5, 0.6) is 0 Å². The number of hydrogen-bond donors (Lipinski definition) is 1. The Morgan fingerprint density at radius 1 is 1.05 bits per heavy atom. The van der Waals surface area contributed by atoms with Crippen LogP contribution < -0.4 is 9.80 Å². The molecule has 2 saturated heterocycles. The number of ether oxygens (including phenoxy) is 1. The van der Waals surface area contributed by atoms with Gasteiger partial charge in [-0.05, 0) is 73.2 Å². The molecule has 2 aliphatic rings. The van der Waals surface area contributed by atoms with E-state index in [4.69, 9.17) is 14.8 Å². The van der Waals surface area contributed by atoms with Gasteiger partial charge < -0.3 is 14.7 Å². The summed E-state index contributed by atoms with van der Waals surface area (Å²) in [7, 11) is 0. The lowest BCUT2D eigenvalue weighted by Gasteiger charge is -2.29. The Labute approximate surface area is 222 Å². The van der Waals surface area contributed by atoms with Crippen LogP contribution in [0.4, 0.5) is 11.5 Å². The van der Waals surface area contributed by atoms with Gasteiger partial charge in [-0.2, -0.15) is 0 Å². The third kappa shape index (κ3) is 6.26. The summed E-state index contributed by atoms with van der Waals surface area (Å²) in [5.41, 5.74) is 4.72. The largest absolute Gasteiger partial charge is 0.478 e. The first-order valence-electron chi connectivity index (χ1n) is 13.1. The predicted molar refractivity (Wildman–Crippen MR) is 147 cm³/mol. The first-order chi connectivity index (χ1) is 18.6. The smallest absolute Gasteiger partial charge is 0.328 e. The molecule has 5 rings (SSSR count). The summed E-state index contributed by atoms with van der Waals surface area (Å²) >= 11 is 0. The van der Waals surface area contributed by atoms with Gasteiger partial charge in [-0.25, -0.2) is 9.78 Å². The van der Waals surface area contributed by atoms with Crippen LogP contribution in [0.25, 0.3) is 17.3 Å². The molecule has 0 unspecified atom stereocenters. The molecule has 8 nitrogen and oxygen atoms in total. The number of anilines is 2. The molecule has 2 aromatic heterocycles. The van der Waals surface area contributed by atoms with Gasteiger partial charge >= 0.3 is 5.97 Å². The molecule has 0 saturated carbocycles. The van der Waals surface area contributed by atoms with E-state index in [0.717, 1.165) is 36.0 Å². The van der Waals surface area contributed by atoms with Crippen molar-refractivity contribution in [2.45, 2.75) is 32.2 Å². The molecule has 0 atom stereocenters. The standard InChI is InChI=1S/C30H32N4O4/c35-29(36)9-7-22-10-13-31-28(18-22)34(30(37)24-11-16-38-17-12-24)21-23-6-8-27(32-20-23)25-4-3-5-26(19-25)33-14-1-2-15-33/h3-10,13,18-20,24H,1-2,11-12,14-17,21H2,(H,35,36). The molecule has 38 heavy (non-hydrogen) atoms. The van der Waals surface area contributed by atoms with Crippen LogP contribution >= 0.6 is 0 Å². The van der Waals surface area contributed by atoms with Crippen molar-refractivity contribution in [3.05, 3.63) is 78.1 Å². The average molecular weight is 513 g/mol. The highest BCUT2D eigenvalue weighted by Gasteiger charge is 2.28. The Morgan fingerprint density at radius 3 is 2.61 bits per heavy atom. The number of nitrogens with zero attached hydrogens (tertiary/aromatic N) is 4. The van der Waals surface area contributed by atoms with Crippen molar-refractivity contribution in [2.24, 2.45) is 5.92 Å². The van der Waals surface area contributed by atoms with E-state index in [1.807, 2.05) is 18.3 Å². The van der Waals surface area contributed by atoms with Crippen molar-refractivity contribution in [3.63, 3.8) is 0 Å². The van der Waals surface area contributed by atoms with Gasteiger partial charge in [-0.1, -0.05) is 18.2 Å². The fourth-order valence-corrected chi connectivity index (χ4v) is 5.00. The lowest BCUT2D eigenvalue weighted by molar-refractivity contribution is -0.131. The number of carboxylic acid groups (broad SMARTS) is 1. The number of pyridine rings is 2. The van der Waals surface area contributed by atoms with Crippen molar-refractivity contribution >= 4 is 29.5 Å². The van der Waals surface area contributed by atoms with E-state index in [1.165, 1.54) is 24.6 Å². The van der Waals surface area contributed by atoms with Crippen LogP contribution in [-0.4, -0.2) is 53.3 Å². The van der Waals surface area contributed by atoms with Crippen LogP contribution in [0.3, 0.4) is 0 Å². The maximum absolute atomic E-state index is 13.6. The zero-order valence-electron chi connectivity index (χ0n) is 21.3. The fourth-order valence-electron chi connectivity index (χ4n) is 5.00. The fraction of sp³-hybridized carbons (Fsp3) is 0.333. The van der Waals surface area contributed by atoms with Gasteiger partial charge in [0.1, 0.15) is 5.82 Å². The molecule has 0 aliphatic carbocycles. The normalized spacial score (nSPS) is 16.2. The number of hydrogen-bond acceptors (Lipinski definition) is 6. The molecule has 1 amide bonds. The Morgan fingerprint density at radius 2 is 1.87 bits per heavy atom. The topological polar surface area (TPSA) is 95.9 Å². The summed E-state index contributed by atoms with van der Waals surface area (Å²) in [5, 5.41) is 8.99. The lowest BCUT2D eigenvalue weighted by Crippen LogP contribution is -2.38. The number of carbonyl (C=O) groups is 2. The first-order valence-corrected chi connectivity index (χ1v) is 13.1. The summed E-state index contributed by atoms with van der Waals surface area (Å²) in [6.07, 6.45) is 9.77. The van der Waals surface area contributed by atoms with Crippen LogP contribution in [-0.2, 0) is 20.9 Å². The van der Waals surface area contributed by atoms with Gasteiger partial charge in [0.15, 0.2) is 0 Å². The number of aromatic nitrogens is 2. The molecule has 3 aromatic rings. The van der Waals surface area contributed by atoms with Crippen LogP contribution in [0.1, 0.15) is 36.8 Å². The van der Waals surface area contributed by atoms with E-state index in [1.54, 1.807) is 23.2 Å². The van der Waals surface area contributed by atoms with E-state index in [-0.39, 0.29) is 11.8 Å². The Hall–Kier alpha value is -4.04. The molecule has 0 spiro atoms. The van der Waals surface area contributed by atoms with Crippen molar-refractivity contribution in [1.29, 1.82) is 0 Å². The highest BCUT2D eigenvalue weighted by molar-refractivity contribution is 5.94.